The number of halogens is 1. The fraction of sp³-hybridized carbons (Fsp3) is 0.500. The third kappa shape index (κ3) is 2.16. The summed E-state index contributed by atoms with van der Waals surface area (Å²) in [4.78, 5) is 4.23. The van der Waals surface area contributed by atoms with E-state index in [1.54, 1.807) is 6.20 Å². The lowest BCUT2D eigenvalue weighted by molar-refractivity contribution is 0.788. The number of aromatic nitrogens is 1. The number of hydrogen-bond donors (Lipinski definition) is 2. The maximum atomic E-state index is 5.89. The van der Waals surface area contributed by atoms with Gasteiger partial charge in [-0.1, -0.05) is 11.6 Å². The minimum Gasteiger partial charge on any atom is -0.366 e. The molecule has 1 aromatic heterocycles. The SMILES string of the molecule is Cc1cc(NC2CCNC2)ncc1Cl. The maximum Gasteiger partial charge on any atom is 0.126 e. The van der Waals surface area contributed by atoms with Gasteiger partial charge in [0.25, 0.3) is 0 Å². The Kier molecular flexibility index (Phi) is 2.89. The number of nitrogens with one attached hydrogen (secondary N) is 2. The molecule has 1 fully saturated rings. The van der Waals surface area contributed by atoms with E-state index in [1.807, 2.05) is 13.0 Å². The van der Waals surface area contributed by atoms with Crippen LogP contribution in [0.4, 0.5) is 5.82 Å². The fourth-order valence-corrected chi connectivity index (χ4v) is 1.71. The lowest BCUT2D eigenvalue weighted by Gasteiger charge is -2.12. The summed E-state index contributed by atoms with van der Waals surface area (Å²) < 4.78 is 0. The Hall–Kier alpha value is -0.800. The third-order valence-corrected chi connectivity index (χ3v) is 2.85. The molecule has 1 aliphatic heterocycles. The van der Waals surface area contributed by atoms with Crippen molar-refractivity contribution >= 4 is 17.4 Å². The molecule has 2 heterocycles. The van der Waals surface area contributed by atoms with Crippen LogP contribution in [0.5, 0.6) is 0 Å². The van der Waals surface area contributed by atoms with Gasteiger partial charge in [-0.15, -0.1) is 0 Å². The topological polar surface area (TPSA) is 37.0 Å². The van der Waals surface area contributed by atoms with E-state index in [1.165, 1.54) is 0 Å². The second-order valence-corrected chi connectivity index (χ2v) is 4.06. The molecule has 0 bridgehead atoms. The van der Waals surface area contributed by atoms with E-state index in [9.17, 15) is 0 Å². The lowest BCUT2D eigenvalue weighted by Crippen LogP contribution is -2.22. The zero-order valence-corrected chi connectivity index (χ0v) is 8.93. The summed E-state index contributed by atoms with van der Waals surface area (Å²) in [5, 5.41) is 7.40. The molecule has 0 amide bonds. The summed E-state index contributed by atoms with van der Waals surface area (Å²) in [6, 6.07) is 2.49. The number of rotatable bonds is 2. The van der Waals surface area contributed by atoms with Crippen LogP contribution in [0.3, 0.4) is 0 Å². The molecule has 1 saturated heterocycles. The standard InChI is InChI=1S/C10H14ClN3/c1-7-4-10(13-6-9(7)11)14-8-2-3-12-5-8/h4,6,8,12H,2-3,5H2,1H3,(H,13,14). The van der Waals surface area contributed by atoms with Crippen LogP contribution in [0.2, 0.25) is 5.02 Å². The molecular formula is C10H14ClN3. The summed E-state index contributed by atoms with van der Waals surface area (Å²) in [6.45, 7) is 4.09. The number of aryl methyl sites for hydroxylation is 1. The van der Waals surface area contributed by atoms with Gasteiger partial charge >= 0.3 is 0 Å². The van der Waals surface area contributed by atoms with E-state index in [-0.39, 0.29) is 0 Å². The first kappa shape index (κ1) is 9.74. The smallest absolute Gasteiger partial charge is 0.126 e. The van der Waals surface area contributed by atoms with Gasteiger partial charge in [-0.3, -0.25) is 0 Å². The first-order valence-electron chi connectivity index (χ1n) is 4.85. The van der Waals surface area contributed by atoms with Gasteiger partial charge in [0.05, 0.1) is 5.02 Å². The molecule has 0 spiro atoms. The fourth-order valence-electron chi connectivity index (χ4n) is 1.61. The van der Waals surface area contributed by atoms with Crippen LogP contribution in [0, 0.1) is 6.92 Å². The van der Waals surface area contributed by atoms with Gasteiger partial charge in [0.2, 0.25) is 0 Å². The molecule has 4 heteroatoms. The highest BCUT2D eigenvalue weighted by atomic mass is 35.5. The van der Waals surface area contributed by atoms with Crippen molar-refractivity contribution in [1.29, 1.82) is 0 Å². The molecule has 0 saturated carbocycles. The molecular weight excluding hydrogens is 198 g/mol. The van der Waals surface area contributed by atoms with Gasteiger partial charge in [-0.25, -0.2) is 4.98 Å². The molecule has 0 radical (unpaired) electrons. The van der Waals surface area contributed by atoms with Crippen molar-refractivity contribution in [3.05, 3.63) is 22.8 Å². The Morgan fingerprint density at radius 3 is 3.14 bits per heavy atom. The van der Waals surface area contributed by atoms with Gasteiger partial charge in [-0.2, -0.15) is 0 Å². The minimum absolute atomic E-state index is 0.503. The van der Waals surface area contributed by atoms with Crippen molar-refractivity contribution in [3.8, 4) is 0 Å². The quantitative estimate of drug-likeness (QED) is 0.784. The number of anilines is 1. The third-order valence-electron chi connectivity index (χ3n) is 2.46. The number of pyridine rings is 1. The van der Waals surface area contributed by atoms with E-state index in [2.05, 4.69) is 15.6 Å². The van der Waals surface area contributed by atoms with Gasteiger partial charge in [0, 0.05) is 18.8 Å². The Morgan fingerprint density at radius 2 is 2.50 bits per heavy atom. The van der Waals surface area contributed by atoms with Gasteiger partial charge < -0.3 is 10.6 Å². The average Bonchev–Trinajstić information content (AvgIpc) is 2.64. The van der Waals surface area contributed by atoms with E-state index in [4.69, 9.17) is 11.6 Å². The van der Waals surface area contributed by atoms with Gasteiger partial charge in [-0.05, 0) is 31.5 Å². The van der Waals surface area contributed by atoms with Crippen LogP contribution in [-0.4, -0.2) is 24.1 Å². The van der Waals surface area contributed by atoms with Gasteiger partial charge in [0.1, 0.15) is 5.82 Å². The highest BCUT2D eigenvalue weighted by Gasteiger charge is 2.14. The second kappa shape index (κ2) is 4.15. The summed E-state index contributed by atoms with van der Waals surface area (Å²) in [5.41, 5.74) is 1.06. The molecule has 14 heavy (non-hydrogen) atoms. The Labute approximate surface area is 88.9 Å². The van der Waals surface area contributed by atoms with E-state index >= 15 is 0 Å². The highest BCUT2D eigenvalue weighted by molar-refractivity contribution is 6.31. The van der Waals surface area contributed by atoms with Crippen LogP contribution in [0.25, 0.3) is 0 Å². The van der Waals surface area contributed by atoms with Crippen molar-refractivity contribution in [3.63, 3.8) is 0 Å². The number of nitrogens with zero attached hydrogens (tertiary/aromatic N) is 1. The zero-order chi connectivity index (χ0) is 9.97. The van der Waals surface area contributed by atoms with Crippen LogP contribution in [-0.2, 0) is 0 Å². The van der Waals surface area contributed by atoms with Crippen LogP contribution in [0.1, 0.15) is 12.0 Å². The van der Waals surface area contributed by atoms with E-state index in [0.29, 0.717) is 6.04 Å². The Bertz CT molecular complexity index is 321. The lowest BCUT2D eigenvalue weighted by atomic mass is 10.2. The van der Waals surface area contributed by atoms with Crippen LogP contribution >= 0.6 is 11.6 Å². The van der Waals surface area contributed by atoms with Crippen molar-refractivity contribution in [1.82, 2.24) is 10.3 Å². The monoisotopic (exact) mass is 211 g/mol. The second-order valence-electron chi connectivity index (χ2n) is 3.65. The van der Waals surface area contributed by atoms with Crippen LogP contribution in [0.15, 0.2) is 12.3 Å². The maximum absolute atomic E-state index is 5.89. The van der Waals surface area contributed by atoms with Gasteiger partial charge in [0.15, 0.2) is 0 Å². The highest BCUT2D eigenvalue weighted by Crippen LogP contribution is 2.17. The zero-order valence-electron chi connectivity index (χ0n) is 8.18. The molecule has 1 aromatic rings. The minimum atomic E-state index is 0.503. The Balaban J connectivity index is 2.05. The van der Waals surface area contributed by atoms with E-state index in [0.717, 1.165) is 35.9 Å². The predicted molar refractivity (Wildman–Crippen MR) is 58.9 cm³/mol. The summed E-state index contributed by atoms with van der Waals surface area (Å²) >= 11 is 5.89. The van der Waals surface area contributed by atoms with Crippen molar-refractivity contribution in [2.24, 2.45) is 0 Å². The number of hydrogen-bond acceptors (Lipinski definition) is 3. The molecule has 1 aliphatic rings. The molecule has 2 N–H and O–H groups in total. The summed E-state index contributed by atoms with van der Waals surface area (Å²) in [6.07, 6.45) is 2.85. The molecule has 2 rings (SSSR count). The molecule has 3 nitrogen and oxygen atoms in total. The molecule has 0 aromatic carbocycles. The molecule has 0 aliphatic carbocycles. The van der Waals surface area contributed by atoms with Crippen LogP contribution < -0.4 is 10.6 Å². The molecule has 76 valence electrons. The first-order valence-corrected chi connectivity index (χ1v) is 5.23. The average molecular weight is 212 g/mol. The summed E-state index contributed by atoms with van der Waals surface area (Å²) in [7, 11) is 0. The Morgan fingerprint density at radius 1 is 1.64 bits per heavy atom. The van der Waals surface area contributed by atoms with Crippen molar-refractivity contribution in [2.75, 3.05) is 18.4 Å². The largest absolute Gasteiger partial charge is 0.366 e. The van der Waals surface area contributed by atoms with Crippen molar-refractivity contribution < 1.29 is 0 Å². The normalized spacial score (nSPS) is 21.1. The molecule has 1 atom stereocenters. The first-order chi connectivity index (χ1) is 6.75. The summed E-state index contributed by atoms with van der Waals surface area (Å²) in [5.74, 6) is 0.917. The predicted octanol–water partition coefficient (Wildman–Crippen LogP) is 1.82. The molecule has 1 unspecified atom stereocenters. The van der Waals surface area contributed by atoms with Crippen molar-refractivity contribution in [2.45, 2.75) is 19.4 Å². The van der Waals surface area contributed by atoms with E-state index < -0.39 is 0 Å².